The zero-order valence-corrected chi connectivity index (χ0v) is 9.77. The van der Waals surface area contributed by atoms with E-state index in [-0.39, 0.29) is 59.1 Å². The molecule has 0 saturated heterocycles. The van der Waals surface area contributed by atoms with Crippen molar-refractivity contribution in [3.8, 4) is 0 Å². The van der Waals surface area contributed by atoms with Crippen molar-refractivity contribution in [1.29, 1.82) is 0 Å². The molecule has 0 aliphatic heterocycles. The van der Waals surface area contributed by atoms with Gasteiger partial charge in [0.25, 0.3) is 0 Å². The van der Waals surface area contributed by atoms with E-state index in [4.69, 9.17) is 20.4 Å². The molecular formula is C9H12Na2O11. The SMILES string of the molecule is O=C(O)COC(=O)OC(CC(=O)O)(CC(=O)O)C(=O)O.[NaH].[NaH]. The summed E-state index contributed by atoms with van der Waals surface area (Å²) in [6.45, 7) is -1.16. The number of carboxylic acids is 4. The molecule has 116 valence electrons. The second-order valence-electron chi connectivity index (χ2n) is 3.47. The third-order valence-electron chi connectivity index (χ3n) is 1.86. The first-order valence-corrected chi connectivity index (χ1v) is 4.83. The van der Waals surface area contributed by atoms with Gasteiger partial charge in [0.15, 0.2) is 6.61 Å². The fourth-order valence-electron chi connectivity index (χ4n) is 1.13. The number of hydrogen-bond donors (Lipinski definition) is 4. The van der Waals surface area contributed by atoms with Crippen molar-refractivity contribution in [1.82, 2.24) is 0 Å². The molecule has 0 radical (unpaired) electrons. The van der Waals surface area contributed by atoms with Crippen molar-refractivity contribution in [2.24, 2.45) is 0 Å². The topological polar surface area (TPSA) is 185 Å². The molecule has 0 amide bonds. The maximum absolute atomic E-state index is 11.1. The summed E-state index contributed by atoms with van der Waals surface area (Å²) in [4.78, 5) is 53.3. The molecular weight excluding hydrogens is 330 g/mol. The van der Waals surface area contributed by atoms with Crippen LogP contribution in [0.1, 0.15) is 12.8 Å². The van der Waals surface area contributed by atoms with Crippen LogP contribution in [0.2, 0.25) is 0 Å². The molecule has 0 fully saturated rings. The molecule has 0 saturated carbocycles. The number of rotatable bonds is 8. The normalized spacial score (nSPS) is 9.45. The fraction of sp³-hybridized carbons (Fsp3) is 0.444. The average Bonchev–Trinajstić information content (AvgIpc) is 2.23. The molecule has 0 aromatic rings. The number of aliphatic carboxylic acids is 4. The van der Waals surface area contributed by atoms with E-state index in [1.165, 1.54) is 0 Å². The van der Waals surface area contributed by atoms with Crippen LogP contribution in [-0.2, 0) is 28.7 Å². The first kappa shape index (κ1) is 26.1. The van der Waals surface area contributed by atoms with Crippen molar-refractivity contribution >= 4 is 89.1 Å². The van der Waals surface area contributed by atoms with Crippen LogP contribution in [0.25, 0.3) is 0 Å². The van der Waals surface area contributed by atoms with Gasteiger partial charge in [-0.15, -0.1) is 0 Å². The molecule has 0 aromatic carbocycles. The van der Waals surface area contributed by atoms with Gasteiger partial charge in [0.05, 0.1) is 12.8 Å². The molecule has 11 nitrogen and oxygen atoms in total. The van der Waals surface area contributed by atoms with Crippen LogP contribution in [0.4, 0.5) is 4.79 Å². The molecule has 0 unspecified atom stereocenters. The zero-order chi connectivity index (χ0) is 15.9. The molecule has 0 bridgehead atoms. The number of carbonyl (C=O) groups excluding carboxylic acids is 1. The Labute approximate surface area is 167 Å². The molecule has 4 N–H and O–H groups in total. The summed E-state index contributed by atoms with van der Waals surface area (Å²) >= 11 is 0. The van der Waals surface area contributed by atoms with Crippen molar-refractivity contribution in [2.45, 2.75) is 18.4 Å². The molecule has 0 heterocycles. The van der Waals surface area contributed by atoms with Crippen molar-refractivity contribution < 1.29 is 53.9 Å². The Hall–Kier alpha value is -0.850. The Bertz CT molecular complexity index is 431. The van der Waals surface area contributed by atoms with Crippen LogP contribution >= 0.6 is 0 Å². The van der Waals surface area contributed by atoms with Gasteiger partial charge >= 0.3 is 89.1 Å². The van der Waals surface area contributed by atoms with Gasteiger partial charge in [0.2, 0.25) is 5.60 Å². The average molecular weight is 342 g/mol. The minimum atomic E-state index is -2.90. The van der Waals surface area contributed by atoms with Gasteiger partial charge in [0.1, 0.15) is 0 Å². The van der Waals surface area contributed by atoms with Crippen molar-refractivity contribution in [2.75, 3.05) is 6.61 Å². The van der Waals surface area contributed by atoms with E-state index >= 15 is 0 Å². The molecule has 0 aliphatic carbocycles. The monoisotopic (exact) mass is 342 g/mol. The van der Waals surface area contributed by atoms with Crippen LogP contribution in [0, 0.1) is 0 Å². The first-order chi connectivity index (χ1) is 9.09. The molecule has 0 rings (SSSR count). The van der Waals surface area contributed by atoms with E-state index in [2.05, 4.69) is 9.47 Å². The van der Waals surface area contributed by atoms with Crippen LogP contribution in [0.15, 0.2) is 0 Å². The maximum atomic E-state index is 11.1. The third kappa shape index (κ3) is 9.97. The van der Waals surface area contributed by atoms with Gasteiger partial charge in [-0.3, -0.25) is 9.59 Å². The summed E-state index contributed by atoms with van der Waals surface area (Å²) in [5.74, 6) is -7.06. The first-order valence-electron chi connectivity index (χ1n) is 4.83. The van der Waals surface area contributed by atoms with Gasteiger partial charge in [-0.05, 0) is 0 Å². The van der Waals surface area contributed by atoms with Crippen LogP contribution in [-0.4, -0.2) is 122 Å². The predicted molar refractivity (Wildman–Crippen MR) is 69.2 cm³/mol. The molecule has 22 heavy (non-hydrogen) atoms. The Kier molecular flexibility index (Phi) is 13.8. The van der Waals surface area contributed by atoms with Crippen LogP contribution < -0.4 is 0 Å². The number of carbonyl (C=O) groups is 5. The molecule has 0 aromatic heterocycles. The van der Waals surface area contributed by atoms with Crippen molar-refractivity contribution in [3.63, 3.8) is 0 Å². The zero-order valence-electron chi connectivity index (χ0n) is 9.77. The quantitative estimate of drug-likeness (QED) is 0.274. The number of ether oxygens (including phenoxy) is 2. The second-order valence-corrected chi connectivity index (χ2v) is 3.47. The summed E-state index contributed by atoms with van der Waals surface area (Å²) in [5.41, 5.74) is -2.90. The Morgan fingerprint density at radius 2 is 1.18 bits per heavy atom. The minimum absolute atomic E-state index is 0. The van der Waals surface area contributed by atoms with Crippen LogP contribution in [0.3, 0.4) is 0 Å². The molecule has 0 aliphatic rings. The number of hydrogen-bond acceptors (Lipinski definition) is 7. The summed E-state index contributed by atoms with van der Waals surface area (Å²) in [5, 5.41) is 34.2. The van der Waals surface area contributed by atoms with E-state index < -0.39 is 55.1 Å². The summed E-state index contributed by atoms with van der Waals surface area (Å²) < 4.78 is 8.15. The van der Waals surface area contributed by atoms with Gasteiger partial charge in [-0.1, -0.05) is 0 Å². The van der Waals surface area contributed by atoms with E-state index in [1.54, 1.807) is 0 Å². The van der Waals surface area contributed by atoms with E-state index in [1.807, 2.05) is 0 Å². The van der Waals surface area contributed by atoms with Crippen LogP contribution in [0.5, 0.6) is 0 Å². The van der Waals surface area contributed by atoms with Gasteiger partial charge < -0.3 is 29.9 Å². The second kappa shape index (κ2) is 11.7. The van der Waals surface area contributed by atoms with Gasteiger partial charge in [0, 0.05) is 0 Å². The standard InChI is InChI=1S/C9H10O11.2Na.2H/c10-4(11)1-9(7(16)17,2-5(12)13)20-8(18)19-3-6(14)15;;;;/h1-3H2,(H,10,11)(H,12,13)(H,14,15)(H,16,17);;;;. The van der Waals surface area contributed by atoms with Gasteiger partial charge in [-0.2, -0.15) is 0 Å². The predicted octanol–water partition coefficient (Wildman–Crippen LogP) is -2.30. The van der Waals surface area contributed by atoms with Gasteiger partial charge in [-0.25, -0.2) is 14.4 Å². The summed E-state index contributed by atoms with van der Waals surface area (Å²) in [6, 6.07) is 0. The fourth-order valence-corrected chi connectivity index (χ4v) is 1.13. The van der Waals surface area contributed by atoms with E-state index in [0.717, 1.165) is 0 Å². The summed E-state index contributed by atoms with van der Waals surface area (Å²) in [7, 11) is 0. The Morgan fingerprint density at radius 3 is 1.45 bits per heavy atom. The van der Waals surface area contributed by atoms with E-state index in [0.29, 0.717) is 0 Å². The Morgan fingerprint density at radius 1 is 0.773 bits per heavy atom. The van der Waals surface area contributed by atoms with E-state index in [9.17, 15) is 24.0 Å². The molecule has 0 spiro atoms. The van der Waals surface area contributed by atoms with Crippen molar-refractivity contribution in [3.05, 3.63) is 0 Å². The summed E-state index contributed by atoms with van der Waals surface area (Å²) in [6.07, 6.45) is -4.48. The Balaban J connectivity index is -0.00000180. The molecule has 0 atom stereocenters. The number of carboxylic acid groups (broad SMARTS) is 4. The molecule has 13 heteroatoms. The third-order valence-corrected chi connectivity index (χ3v) is 1.86.